The molecule has 0 bridgehead atoms. The fourth-order valence-electron chi connectivity index (χ4n) is 9.00. The molecular weight excluding hydrogens is 378 g/mol. The van der Waals surface area contributed by atoms with Crippen LogP contribution in [0.2, 0.25) is 0 Å². The predicted octanol–water partition coefficient (Wildman–Crippen LogP) is 8.57. The molecule has 0 amide bonds. The maximum atomic E-state index is 11.2. The molecular formula is C29H47NO. The van der Waals surface area contributed by atoms with Crippen molar-refractivity contribution in [1.29, 1.82) is 0 Å². The first-order valence-electron chi connectivity index (χ1n) is 13.3. The van der Waals surface area contributed by atoms with Gasteiger partial charge >= 0.3 is 0 Å². The van der Waals surface area contributed by atoms with Crippen molar-refractivity contribution in [3.05, 3.63) is 28.7 Å². The van der Waals surface area contributed by atoms with E-state index in [1.807, 2.05) is 0 Å². The Balaban J connectivity index is 1.58. The molecule has 0 saturated heterocycles. The summed E-state index contributed by atoms with van der Waals surface area (Å²) in [6.07, 6.45) is 17.5. The summed E-state index contributed by atoms with van der Waals surface area (Å²) in [7, 11) is 0. The Labute approximate surface area is 191 Å². The van der Waals surface area contributed by atoms with Crippen molar-refractivity contribution in [1.82, 2.24) is 0 Å². The number of allylic oxidation sites excluding steroid dienone is 3. The van der Waals surface area contributed by atoms with E-state index in [1.165, 1.54) is 32.1 Å². The summed E-state index contributed by atoms with van der Waals surface area (Å²) in [6, 6.07) is 0.0225. The highest BCUT2D eigenvalue weighted by Gasteiger charge is 2.63. The van der Waals surface area contributed by atoms with Gasteiger partial charge in [0.1, 0.15) is 0 Å². The normalized spacial score (nSPS) is 46.8. The minimum absolute atomic E-state index is 0.0225. The lowest BCUT2D eigenvalue weighted by atomic mass is 9.41. The van der Waals surface area contributed by atoms with Crippen LogP contribution in [0.1, 0.15) is 99.8 Å². The lowest BCUT2D eigenvalue weighted by Crippen LogP contribution is -2.56. The molecule has 31 heavy (non-hydrogen) atoms. The van der Waals surface area contributed by atoms with E-state index >= 15 is 0 Å². The summed E-state index contributed by atoms with van der Waals surface area (Å²) in [5, 5.41) is 3.43. The van der Waals surface area contributed by atoms with Gasteiger partial charge < -0.3 is 0 Å². The number of rotatable bonds is 5. The average Bonchev–Trinajstić information content (AvgIpc) is 3.09. The lowest BCUT2D eigenvalue weighted by Gasteiger charge is -2.63. The molecule has 0 aromatic carbocycles. The van der Waals surface area contributed by atoms with E-state index in [9.17, 15) is 4.91 Å². The second-order valence-electron chi connectivity index (χ2n) is 13.0. The number of nitrogens with zero attached hydrogens (tertiary/aromatic N) is 1. The summed E-state index contributed by atoms with van der Waals surface area (Å²) in [5.74, 6) is 4.49. The fraction of sp³-hybridized carbons (Fsp3) is 0.862. The zero-order chi connectivity index (χ0) is 22.6. The van der Waals surface area contributed by atoms with E-state index in [-0.39, 0.29) is 6.04 Å². The molecule has 174 valence electrons. The van der Waals surface area contributed by atoms with Crippen LogP contribution in [0.5, 0.6) is 0 Å². The minimum atomic E-state index is 0.0225. The molecule has 4 aliphatic rings. The van der Waals surface area contributed by atoms with Gasteiger partial charge in [-0.3, -0.25) is 0 Å². The van der Waals surface area contributed by atoms with E-state index in [2.05, 4.69) is 71.9 Å². The van der Waals surface area contributed by atoms with Crippen molar-refractivity contribution >= 4 is 0 Å². The molecule has 2 heteroatoms. The molecule has 0 radical (unpaired) electrons. The highest BCUT2D eigenvalue weighted by Crippen LogP contribution is 2.71. The first-order chi connectivity index (χ1) is 14.6. The Bertz CT molecular complexity index is 752. The first kappa shape index (κ1) is 23.2. The summed E-state index contributed by atoms with van der Waals surface area (Å²) in [6.45, 7) is 17.4. The van der Waals surface area contributed by atoms with Gasteiger partial charge in [0.15, 0.2) is 0 Å². The molecule has 2 nitrogen and oxygen atoms in total. The van der Waals surface area contributed by atoms with Gasteiger partial charge in [-0.15, -0.1) is 0 Å². The van der Waals surface area contributed by atoms with Gasteiger partial charge in [-0.2, -0.15) is 4.91 Å². The van der Waals surface area contributed by atoms with Crippen LogP contribution in [0.15, 0.2) is 29.0 Å². The van der Waals surface area contributed by atoms with Crippen LogP contribution in [-0.4, -0.2) is 6.04 Å². The predicted molar refractivity (Wildman–Crippen MR) is 132 cm³/mol. The van der Waals surface area contributed by atoms with Crippen molar-refractivity contribution < 1.29 is 0 Å². The van der Waals surface area contributed by atoms with Crippen molar-refractivity contribution in [3.8, 4) is 0 Å². The number of hydrogen-bond acceptors (Lipinski definition) is 2. The smallest absolute Gasteiger partial charge is 0.0957 e. The Hall–Kier alpha value is -0.920. The molecule has 4 unspecified atom stereocenters. The molecule has 0 aliphatic heterocycles. The molecule has 0 aromatic rings. The third kappa shape index (κ3) is 3.59. The second-order valence-corrected chi connectivity index (χ2v) is 13.0. The zero-order valence-corrected chi connectivity index (χ0v) is 21.3. The van der Waals surface area contributed by atoms with Crippen LogP contribution >= 0.6 is 0 Å². The van der Waals surface area contributed by atoms with Crippen LogP contribution < -0.4 is 0 Å². The zero-order valence-electron chi connectivity index (χ0n) is 21.3. The third-order valence-corrected chi connectivity index (χ3v) is 11.3. The molecule has 0 aromatic heterocycles. The lowest BCUT2D eigenvalue weighted by molar-refractivity contribution is -0.108. The highest BCUT2D eigenvalue weighted by molar-refractivity contribution is 5.28. The average molecular weight is 426 g/mol. The quantitative estimate of drug-likeness (QED) is 0.320. The summed E-state index contributed by atoms with van der Waals surface area (Å²) >= 11 is 0. The van der Waals surface area contributed by atoms with E-state index in [1.54, 1.807) is 5.57 Å². The van der Waals surface area contributed by atoms with Crippen molar-refractivity contribution in [2.24, 2.45) is 56.9 Å². The Morgan fingerprint density at radius 1 is 0.935 bits per heavy atom. The highest BCUT2D eigenvalue weighted by atomic mass is 16.3. The monoisotopic (exact) mass is 425 g/mol. The van der Waals surface area contributed by atoms with Gasteiger partial charge in [0.25, 0.3) is 0 Å². The Morgan fingerprint density at radius 3 is 2.35 bits per heavy atom. The Morgan fingerprint density at radius 2 is 1.68 bits per heavy atom. The molecule has 3 fully saturated rings. The summed E-state index contributed by atoms with van der Waals surface area (Å²) < 4.78 is 0. The number of hydrogen-bond donors (Lipinski definition) is 0. The van der Waals surface area contributed by atoms with Crippen molar-refractivity contribution in [3.63, 3.8) is 0 Å². The maximum absolute atomic E-state index is 11.2. The van der Waals surface area contributed by atoms with Gasteiger partial charge in [-0.1, -0.05) is 77.4 Å². The van der Waals surface area contributed by atoms with Gasteiger partial charge in [-0.05, 0) is 103 Å². The first-order valence-corrected chi connectivity index (χ1v) is 13.3. The third-order valence-electron chi connectivity index (χ3n) is 11.3. The van der Waals surface area contributed by atoms with Crippen LogP contribution in [-0.2, 0) is 0 Å². The van der Waals surface area contributed by atoms with Gasteiger partial charge in [-0.25, -0.2) is 0 Å². The standard InChI is InChI=1S/C29H47NO/c1-19(2)20(3)8-9-21(4)24-10-11-25-28(24,6)17-14-26-27(5)16-13-23(30-31)18-22(27)12-15-29(25,26)7/h8-9,12,19-21,23-26H,10-11,13-18H2,1-7H3/b9-8+/t20-,21?,23+,24?,25?,26?,27+,28-,29+/m1/s1. The van der Waals surface area contributed by atoms with Crippen LogP contribution in [0.25, 0.3) is 0 Å². The van der Waals surface area contributed by atoms with Crippen LogP contribution in [0.4, 0.5) is 0 Å². The van der Waals surface area contributed by atoms with E-state index in [4.69, 9.17) is 0 Å². The van der Waals surface area contributed by atoms with E-state index in [0.29, 0.717) is 28.1 Å². The van der Waals surface area contributed by atoms with Gasteiger partial charge in [0, 0.05) is 0 Å². The van der Waals surface area contributed by atoms with E-state index in [0.717, 1.165) is 42.9 Å². The summed E-state index contributed by atoms with van der Waals surface area (Å²) in [5.41, 5.74) is 2.75. The van der Waals surface area contributed by atoms with E-state index < -0.39 is 0 Å². The SMILES string of the molecule is CC(/C=C/[C@@H](C)C(C)C)C1CCC2[C@]3(C)CC=C4C[C@@H](N=O)CC[C@]4(C)C3CC[C@]12C. The number of fused-ring (bicyclic) bond motifs is 5. The second kappa shape index (κ2) is 8.14. The fourth-order valence-corrected chi connectivity index (χ4v) is 9.00. The Kier molecular flexibility index (Phi) is 6.10. The topological polar surface area (TPSA) is 29.4 Å². The van der Waals surface area contributed by atoms with Crippen LogP contribution in [0, 0.1) is 56.7 Å². The van der Waals surface area contributed by atoms with Gasteiger partial charge in [0.2, 0.25) is 0 Å². The van der Waals surface area contributed by atoms with Crippen molar-refractivity contribution in [2.75, 3.05) is 0 Å². The largest absolute Gasteiger partial charge is 0.151 e. The molecule has 4 aliphatic carbocycles. The van der Waals surface area contributed by atoms with Crippen LogP contribution in [0.3, 0.4) is 0 Å². The van der Waals surface area contributed by atoms with Crippen molar-refractivity contribution in [2.45, 2.75) is 106 Å². The molecule has 0 heterocycles. The summed E-state index contributed by atoms with van der Waals surface area (Å²) in [4.78, 5) is 11.2. The molecule has 0 spiro atoms. The molecule has 3 saturated carbocycles. The van der Waals surface area contributed by atoms with Gasteiger partial charge in [0.05, 0.1) is 6.04 Å². The number of nitroso groups, excluding NO2 is 1. The minimum Gasteiger partial charge on any atom is -0.151 e. The molecule has 4 rings (SSSR count). The maximum Gasteiger partial charge on any atom is 0.0957 e. The molecule has 9 atom stereocenters. The molecule has 0 N–H and O–H groups in total.